The van der Waals surface area contributed by atoms with Crippen LogP contribution in [0.1, 0.15) is 13.8 Å². The Hall–Kier alpha value is -0.540. The van der Waals surface area contributed by atoms with Crippen LogP contribution in [-0.4, -0.2) is 30.0 Å². The molecule has 2 unspecified atom stereocenters. The predicted octanol–water partition coefficient (Wildman–Crippen LogP) is 0.685. The topological polar surface area (TPSA) is 38.7 Å². The minimum Gasteiger partial charge on any atom is -0.496 e. The van der Waals surface area contributed by atoms with Crippen LogP contribution in [0.2, 0.25) is 0 Å². The first-order valence-corrected chi connectivity index (χ1v) is 3.87. The van der Waals surface area contributed by atoms with E-state index in [0.29, 0.717) is 6.61 Å². The fourth-order valence-electron chi connectivity index (χ4n) is 1.14. The van der Waals surface area contributed by atoms with Gasteiger partial charge in [-0.05, 0) is 19.9 Å². The SMILES string of the molecule is CCO[C@H]1C(O)C=COC1C. The van der Waals surface area contributed by atoms with Crippen LogP contribution in [0.15, 0.2) is 12.3 Å². The van der Waals surface area contributed by atoms with Crippen LogP contribution < -0.4 is 0 Å². The van der Waals surface area contributed by atoms with Gasteiger partial charge in [-0.2, -0.15) is 0 Å². The lowest BCUT2D eigenvalue weighted by molar-refractivity contribution is -0.0915. The summed E-state index contributed by atoms with van der Waals surface area (Å²) in [6.45, 7) is 4.38. The largest absolute Gasteiger partial charge is 0.496 e. The van der Waals surface area contributed by atoms with Crippen molar-refractivity contribution in [1.29, 1.82) is 0 Å². The minimum atomic E-state index is -0.529. The molecule has 1 N–H and O–H groups in total. The Kier molecular flexibility index (Phi) is 2.91. The van der Waals surface area contributed by atoms with Crippen molar-refractivity contribution in [2.24, 2.45) is 0 Å². The van der Waals surface area contributed by atoms with Gasteiger partial charge in [-0.15, -0.1) is 0 Å². The Bertz CT molecular complexity index is 144. The van der Waals surface area contributed by atoms with Crippen molar-refractivity contribution in [3.63, 3.8) is 0 Å². The van der Waals surface area contributed by atoms with Crippen molar-refractivity contribution in [3.8, 4) is 0 Å². The summed E-state index contributed by atoms with van der Waals surface area (Å²) in [6.07, 6.45) is 2.31. The van der Waals surface area contributed by atoms with E-state index in [1.165, 1.54) is 6.26 Å². The molecule has 3 nitrogen and oxygen atoms in total. The van der Waals surface area contributed by atoms with Gasteiger partial charge in [0.25, 0.3) is 0 Å². The second-order valence-electron chi connectivity index (χ2n) is 2.58. The molecule has 0 saturated heterocycles. The highest BCUT2D eigenvalue weighted by Gasteiger charge is 2.27. The van der Waals surface area contributed by atoms with Crippen molar-refractivity contribution >= 4 is 0 Å². The highest BCUT2D eigenvalue weighted by Crippen LogP contribution is 2.14. The molecular formula is C8H14O3. The minimum absolute atomic E-state index is 0.0602. The summed E-state index contributed by atoms with van der Waals surface area (Å²) in [7, 11) is 0. The van der Waals surface area contributed by atoms with E-state index < -0.39 is 6.10 Å². The molecule has 0 bridgehead atoms. The standard InChI is InChI=1S/C8H14O3/c1-3-10-8-6(2)11-5-4-7(8)9/h4-9H,3H2,1-2H3/t6?,7?,8-/m1/s1. The molecule has 1 heterocycles. The number of ether oxygens (including phenoxy) is 2. The summed E-state index contributed by atoms with van der Waals surface area (Å²) < 4.78 is 10.4. The van der Waals surface area contributed by atoms with Crippen LogP contribution in [0, 0.1) is 0 Å². The summed E-state index contributed by atoms with van der Waals surface area (Å²) in [4.78, 5) is 0. The van der Waals surface area contributed by atoms with Gasteiger partial charge in [0.1, 0.15) is 18.3 Å². The van der Waals surface area contributed by atoms with E-state index in [4.69, 9.17) is 9.47 Å². The lowest BCUT2D eigenvalue weighted by atomic mass is 10.1. The molecule has 0 aliphatic carbocycles. The third-order valence-electron chi connectivity index (χ3n) is 1.73. The number of aliphatic hydroxyl groups excluding tert-OH is 1. The van der Waals surface area contributed by atoms with E-state index in [2.05, 4.69) is 0 Å². The molecule has 0 fully saturated rings. The zero-order chi connectivity index (χ0) is 8.27. The average Bonchev–Trinajstić information content (AvgIpc) is 1.97. The zero-order valence-electron chi connectivity index (χ0n) is 6.86. The fourth-order valence-corrected chi connectivity index (χ4v) is 1.14. The van der Waals surface area contributed by atoms with E-state index in [9.17, 15) is 5.11 Å². The first kappa shape index (κ1) is 8.56. The smallest absolute Gasteiger partial charge is 0.124 e. The van der Waals surface area contributed by atoms with Crippen molar-refractivity contribution in [2.45, 2.75) is 32.2 Å². The quantitative estimate of drug-likeness (QED) is 0.642. The number of hydrogen-bond donors (Lipinski definition) is 1. The fraction of sp³-hybridized carbons (Fsp3) is 0.750. The summed E-state index contributed by atoms with van der Waals surface area (Å²) in [5.41, 5.74) is 0. The van der Waals surface area contributed by atoms with Gasteiger partial charge in [0.05, 0.1) is 6.26 Å². The van der Waals surface area contributed by atoms with E-state index in [-0.39, 0.29) is 12.2 Å². The van der Waals surface area contributed by atoms with Gasteiger partial charge in [0, 0.05) is 6.61 Å². The van der Waals surface area contributed by atoms with Crippen molar-refractivity contribution < 1.29 is 14.6 Å². The molecule has 0 radical (unpaired) electrons. The molecule has 0 aromatic heterocycles. The van der Waals surface area contributed by atoms with Gasteiger partial charge >= 0.3 is 0 Å². The molecule has 3 heteroatoms. The third kappa shape index (κ3) is 1.94. The second kappa shape index (κ2) is 3.74. The van der Waals surface area contributed by atoms with Gasteiger partial charge in [-0.1, -0.05) is 0 Å². The maximum Gasteiger partial charge on any atom is 0.124 e. The normalized spacial score (nSPS) is 36.8. The van der Waals surface area contributed by atoms with Crippen molar-refractivity contribution in [2.75, 3.05) is 6.61 Å². The number of aliphatic hydroxyl groups is 1. The molecule has 0 saturated carbocycles. The first-order chi connectivity index (χ1) is 5.25. The molecule has 0 aromatic carbocycles. The second-order valence-corrected chi connectivity index (χ2v) is 2.58. The third-order valence-corrected chi connectivity index (χ3v) is 1.73. The van der Waals surface area contributed by atoms with Crippen LogP contribution in [0.5, 0.6) is 0 Å². The molecule has 0 spiro atoms. The maximum absolute atomic E-state index is 9.38. The summed E-state index contributed by atoms with van der Waals surface area (Å²) in [6, 6.07) is 0. The average molecular weight is 158 g/mol. The molecule has 0 amide bonds. The van der Waals surface area contributed by atoms with E-state index >= 15 is 0 Å². The van der Waals surface area contributed by atoms with Crippen molar-refractivity contribution in [3.05, 3.63) is 12.3 Å². The lowest BCUT2D eigenvalue weighted by Crippen LogP contribution is -2.40. The van der Waals surface area contributed by atoms with Gasteiger partial charge < -0.3 is 14.6 Å². The van der Waals surface area contributed by atoms with Crippen LogP contribution in [-0.2, 0) is 9.47 Å². The zero-order valence-corrected chi connectivity index (χ0v) is 6.86. The van der Waals surface area contributed by atoms with Gasteiger partial charge in [0.2, 0.25) is 0 Å². The van der Waals surface area contributed by atoms with Gasteiger partial charge in [-0.25, -0.2) is 0 Å². The summed E-state index contributed by atoms with van der Waals surface area (Å²) in [5.74, 6) is 0. The summed E-state index contributed by atoms with van der Waals surface area (Å²) >= 11 is 0. The van der Waals surface area contributed by atoms with Crippen LogP contribution in [0.3, 0.4) is 0 Å². The Morgan fingerprint density at radius 3 is 2.91 bits per heavy atom. The molecule has 11 heavy (non-hydrogen) atoms. The molecule has 3 atom stereocenters. The van der Waals surface area contributed by atoms with Crippen LogP contribution in [0.25, 0.3) is 0 Å². The Labute approximate surface area is 66.6 Å². The van der Waals surface area contributed by atoms with Crippen molar-refractivity contribution in [1.82, 2.24) is 0 Å². The Balaban J connectivity index is 2.52. The van der Waals surface area contributed by atoms with Gasteiger partial charge in [0.15, 0.2) is 0 Å². The number of rotatable bonds is 2. The first-order valence-electron chi connectivity index (χ1n) is 3.87. The van der Waals surface area contributed by atoms with Crippen LogP contribution >= 0.6 is 0 Å². The Morgan fingerprint density at radius 2 is 2.36 bits per heavy atom. The van der Waals surface area contributed by atoms with E-state index in [1.54, 1.807) is 6.08 Å². The molecule has 1 aliphatic heterocycles. The summed E-state index contributed by atoms with van der Waals surface area (Å²) in [5, 5.41) is 9.38. The highest BCUT2D eigenvalue weighted by molar-refractivity contribution is 4.96. The maximum atomic E-state index is 9.38. The predicted molar refractivity (Wildman–Crippen MR) is 41.1 cm³/mol. The molecule has 0 aromatic rings. The van der Waals surface area contributed by atoms with Crippen LogP contribution in [0.4, 0.5) is 0 Å². The lowest BCUT2D eigenvalue weighted by Gasteiger charge is -2.29. The van der Waals surface area contributed by atoms with E-state index in [0.717, 1.165) is 0 Å². The molecule has 1 aliphatic rings. The van der Waals surface area contributed by atoms with Gasteiger partial charge in [-0.3, -0.25) is 0 Å². The van der Waals surface area contributed by atoms with E-state index in [1.807, 2.05) is 13.8 Å². The molecular weight excluding hydrogens is 144 g/mol. The highest BCUT2D eigenvalue weighted by atomic mass is 16.5. The monoisotopic (exact) mass is 158 g/mol. The molecule has 64 valence electrons. The Morgan fingerprint density at radius 1 is 1.64 bits per heavy atom. The molecule has 1 rings (SSSR count). The number of hydrogen-bond acceptors (Lipinski definition) is 3.